The molecule has 2 heterocycles. The molecule has 30 heavy (non-hydrogen) atoms. The zero-order valence-electron chi connectivity index (χ0n) is 15.8. The van der Waals surface area contributed by atoms with Crippen LogP contribution in [0.1, 0.15) is 10.4 Å². The number of fused-ring (bicyclic) bond motifs is 2. The topological polar surface area (TPSA) is 121 Å². The number of carbonyl (C=O) groups is 3. The van der Waals surface area contributed by atoms with Crippen molar-refractivity contribution < 1.29 is 38.1 Å². The summed E-state index contributed by atoms with van der Waals surface area (Å²) in [6.07, 6.45) is 0. The summed E-state index contributed by atoms with van der Waals surface area (Å²) >= 11 is 0. The molecule has 4 rings (SSSR count). The second kappa shape index (κ2) is 8.60. The second-order valence-corrected chi connectivity index (χ2v) is 6.32. The van der Waals surface area contributed by atoms with Crippen molar-refractivity contribution in [2.24, 2.45) is 0 Å². The summed E-state index contributed by atoms with van der Waals surface area (Å²) in [6, 6.07) is 9.64. The quantitative estimate of drug-likeness (QED) is 0.674. The van der Waals surface area contributed by atoms with Crippen molar-refractivity contribution >= 4 is 23.5 Å². The first kappa shape index (κ1) is 19.4. The molecule has 0 saturated heterocycles. The van der Waals surface area contributed by atoms with E-state index < -0.39 is 24.4 Å². The highest BCUT2D eigenvalue weighted by Gasteiger charge is 2.17. The first-order valence-electron chi connectivity index (χ1n) is 9.11. The molecule has 2 aliphatic rings. The van der Waals surface area contributed by atoms with Crippen LogP contribution in [-0.2, 0) is 14.3 Å². The molecule has 0 saturated carbocycles. The molecule has 10 heteroatoms. The Morgan fingerprint density at radius 1 is 0.867 bits per heavy atom. The fraction of sp³-hybridized carbons (Fsp3) is 0.250. The van der Waals surface area contributed by atoms with Gasteiger partial charge in [0.25, 0.3) is 11.8 Å². The zero-order chi connectivity index (χ0) is 20.9. The lowest BCUT2D eigenvalue weighted by molar-refractivity contribution is -0.146. The molecule has 2 aromatic rings. The Labute approximate surface area is 171 Å². The molecular formula is C20H18N2O8. The maximum Gasteiger partial charge on any atom is 0.325 e. The molecular weight excluding hydrogens is 396 g/mol. The van der Waals surface area contributed by atoms with Gasteiger partial charge < -0.3 is 34.3 Å². The Bertz CT molecular complexity index is 991. The largest absolute Gasteiger partial charge is 0.486 e. The van der Waals surface area contributed by atoms with Crippen LogP contribution in [-0.4, -0.2) is 50.9 Å². The average molecular weight is 414 g/mol. The van der Waals surface area contributed by atoms with Crippen LogP contribution in [0.15, 0.2) is 36.4 Å². The van der Waals surface area contributed by atoms with E-state index in [-0.39, 0.29) is 13.3 Å². The predicted octanol–water partition coefficient (Wildman–Crippen LogP) is 1.10. The van der Waals surface area contributed by atoms with Gasteiger partial charge in [-0.2, -0.15) is 0 Å². The van der Waals surface area contributed by atoms with Gasteiger partial charge in [0, 0.05) is 17.3 Å². The van der Waals surface area contributed by atoms with E-state index in [4.69, 9.17) is 23.7 Å². The molecule has 0 atom stereocenters. The van der Waals surface area contributed by atoms with E-state index in [1.807, 2.05) is 0 Å². The molecule has 2 amide bonds. The fourth-order valence-electron chi connectivity index (χ4n) is 2.81. The van der Waals surface area contributed by atoms with Crippen LogP contribution >= 0.6 is 0 Å². The fourth-order valence-corrected chi connectivity index (χ4v) is 2.81. The van der Waals surface area contributed by atoms with Crippen LogP contribution in [0, 0.1) is 0 Å². The Hall–Kier alpha value is -3.95. The first-order chi connectivity index (χ1) is 14.6. The van der Waals surface area contributed by atoms with E-state index in [1.165, 1.54) is 6.07 Å². The Balaban J connectivity index is 1.21. The third kappa shape index (κ3) is 4.54. The number of ether oxygens (including phenoxy) is 5. The summed E-state index contributed by atoms with van der Waals surface area (Å²) < 4.78 is 26.1. The summed E-state index contributed by atoms with van der Waals surface area (Å²) in [5.41, 5.74) is 0.791. The van der Waals surface area contributed by atoms with Gasteiger partial charge in [-0.05, 0) is 30.3 Å². The van der Waals surface area contributed by atoms with Crippen molar-refractivity contribution in [3.63, 3.8) is 0 Å². The number of hydrogen-bond donors (Lipinski definition) is 2. The minimum Gasteiger partial charge on any atom is -0.486 e. The molecule has 156 valence electrons. The molecule has 0 unspecified atom stereocenters. The third-order valence-electron chi connectivity index (χ3n) is 4.22. The number of carbonyl (C=O) groups excluding carboxylic acids is 3. The lowest BCUT2D eigenvalue weighted by atomic mass is 10.2. The van der Waals surface area contributed by atoms with Crippen molar-refractivity contribution in [3.05, 3.63) is 42.0 Å². The monoisotopic (exact) mass is 414 g/mol. The highest BCUT2D eigenvalue weighted by Crippen LogP contribution is 2.33. The molecule has 0 aromatic heterocycles. The maximum absolute atomic E-state index is 12.1. The molecule has 2 N–H and O–H groups in total. The van der Waals surface area contributed by atoms with Gasteiger partial charge >= 0.3 is 5.97 Å². The molecule has 0 aliphatic carbocycles. The van der Waals surface area contributed by atoms with Crippen LogP contribution in [0.4, 0.5) is 5.69 Å². The number of esters is 1. The van der Waals surface area contributed by atoms with Gasteiger partial charge in [0.15, 0.2) is 29.6 Å². The van der Waals surface area contributed by atoms with Crippen LogP contribution in [0.5, 0.6) is 23.0 Å². The standard InChI is InChI=1S/C20H18N2O8/c23-18(22-13-2-4-14-17(8-13)27-6-5-26-14)10-28-19(24)9-21-20(25)12-1-3-15-16(7-12)30-11-29-15/h1-4,7-8H,5-6,9-11H2,(H,21,25)(H,22,23). The van der Waals surface area contributed by atoms with E-state index in [0.29, 0.717) is 47.5 Å². The summed E-state index contributed by atoms with van der Waals surface area (Å²) in [5.74, 6) is 0.386. The maximum atomic E-state index is 12.1. The summed E-state index contributed by atoms with van der Waals surface area (Å²) in [5, 5.41) is 5.02. The van der Waals surface area contributed by atoms with E-state index in [2.05, 4.69) is 10.6 Å². The van der Waals surface area contributed by atoms with Gasteiger partial charge in [-0.25, -0.2) is 0 Å². The number of amides is 2. The van der Waals surface area contributed by atoms with Crippen LogP contribution in [0.2, 0.25) is 0 Å². The Morgan fingerprint density at radius 3 is 2.43 bits per heavy atom. The molecule has 10 nitrogen and oxygen atoms in total. The van der Waals surface area contributed by atoms with Crippen molar-refractivity contribution in [2.75, 3.05) is 38.5 Å². The number of nitrogens with one attached hydrogen (secondary N) is 2. The third-order valence-corrected chi connectivity index (χ3v) is 4.22. The summed E-state index contributed by atoms with van der Waals surface area (Å²) in [4.78, 5) is 35.9. The van der Waals surface area contributed by atoms with E-state index in [1.54, 1.807) is 30.3 Å². The Morgan fingerprint density at radius 2 is 1.57 bits per heavy atom. The van der Waals surface area contributed by atoms with E-state index in [0.717, 1.165) is 0 Å². The molecule has 2 aromatic carbocycles. The summed E-state index contributed by atoms with van der Waals surface area (Å²) in [6.45, 7) is 0.124. The van der Waals surface area contributed by atoms with Gasteiger partial charge in [-0.15, -0.1) is 0 Å². The number of rotatable bonds is 6. The van der Waals surface area contributed by atoms with Gasteiger partial charge in [0.2, 0.25) is 6.79 Å². The minimum absolute atomic E-state index is 0.0983. The smallest absolute Gasteiger partial charge is 0.325 e. The van der Waals surface area contributed by atoms with Gasteiger partial charge in [0.1, 0.15) is 19.8 Å². The molecule has 0 bridgehead atoms. The van der Waals surface area contributed by atoms with Crippen molar-refractivity contribution in [2.45, 2.75) is 0 Å². The van der Waals surface area contributed by atoms with E-state index >= 15 is 0 Å². The van der Waals surface area contributed by atoms with Crippen molar-refractivity contribution in [1.29, 1.82) is 0 Å². The Kier molecular flexibility index (Phi) is 5.55. The van der Waals surface area contributed by atoms with Crippen molar-refractivity contribution in [1.82, 2.24) is 5.32 Å². The van der Waals surface area contributed by atoms with E-state index in [9.17, 15) is 14.4 Å². The molecule has 0 fully saturated rings. The highest BCUT2D eigenvalue weighted by atomic mass is 16.7. The molecule has 0 radical (unpaired) electrons. The molecule has 2 aliphatic heterocycles. The predicted molar refractivity (Wildman–Crippen MR) is 102 cm³/mol. The molecule has 0 spiro atoms. The van der Waals surface area contributed by atoms with Crippen LogP contribution in [0.3, 0.4) is 0 Å². The lowest BCUT2D eigenvalue weighted by Gasteiger charge is -2.19. The average Bonchev–Trinajstić information content (AvgIpc) is 3.24. The number of hydrogen-bond acceptors (Lipinski definition) is 8. The second-order valence-electron chi connectivity index (χ2n) is 6.32. The van der Waals surface area contributed by atoms with Crippen molar-refractivity contribution in [3.8, 4) is 23.0 Å². The number of anilines is 1. The first-order valence-corrected chi connectivity index (χ1v) is 9.11. The van der Waals surface area contributed by atoms with Gasteiger partial charge in [0.05, 0.1) is 0 Å². The highest BCUT2D eigenvalue weighted by molar-refractivity contribution is 5.97. The lowest BCUT2D eigenvalue weighted by Crippen LogP contribution is -2.32. The van der Waals surface area contributed by atoms with Gasteiger partial charge in [-0.1, -0.05) is 0 Å². The normalized spacial score (nSPS) is 13.3. The minimum atomic E-state index is -0.749. The van der Waals surface area contributed by atoms with Crippen LogP contribution in [0.25, 0.3) is 0 Å². The zero-order valence-corrected chi connectivity index (χ0v) is 15.8. The number of benzene rings is 2. The van der Waals surface area contributed by atoms with Gasteiger partial charge in [-0.3, -0.25) is 14.4 Å². The SMILES string of the molecule is O=C(COC(=O)CNC(=O)c1ccc2c(c1)OCO2)Nc1ccc2c(c1)OCCO2. The van der Waals surface area contributed by atoms with Crippen LogP contribution < -0.4 is 29.6 Å². The summed E-state index contributed by atoms with van der Waals surface area (Å²) in [7, 11) is 0.